The highest BCUT2D eigenvalue weighted by atomic mass is 16.5. The van der Waals surface area contributed by atoms with Gasteiger partial charge in [0.2, 0.25) is 0 Å². The molecule has 0 aliphatic heterocycles. The number of hydrogen-bond acceptors (Lipinski definition) is 6. The average Bonchev–Trinajstić information content (AvgIpc) is 2.97. The third-order valence-electron chi connectivity index (χ3n) is 3.84. The summed E-state index contributed by atoms with van der Waals surface area (Å²) >= 11 is 0. The van der Waals surface area contributed by atoms with Gasteiger partial charge in [-0.2, -0.15) is 4.98 Å². The van der Waals surface area contributed by atoms with Gasteiger partial charge in [0, 0.05) is 17.3 Å². The van der Waals surface area contributed by atoms with Crippen molar-refractivity contribution in [2.24, 2.45) is 0 Å². The minimum absolute atomic E-state index is 0.0739. The second-order valence-electron chi connectivity index (χ2n) is 5.66. The lowest BCUT2D eigenvalue weighted by atomic mass is 10.1. The Morgan fingerprint density at radius 1 is 1.25 bits per heavy atom. The van der Waals surface area contributed by atoms with Crippen molar-refractivity contribution >= 4 is 28.5 Å². The van der Waals surface area contributed by atoms with E-state index in [0.717, 1.165) is 23.2 Å². The minimum Gasteiger partial charge on any atom is -0.350 e. The first kappa shape index (κ1) is 15.9. The van der Waals surface area contributed by atoms with Gasteiger partial charge in [-0.15, -0.1) is 0 Å². The molecule has 0 saturated carbocycles. The zero-order valence-electron chi connectivity index (χ0n) is 13.8. The summed E-state index contributed by atoms with van der Waals surface area (Å²) in [5, 5.41) is 10.8. The van der Waals surface area contributed by atoms with Crippen LogP contribution < -0.4 is 10.6 Å². The molecule has 1 aromatic carbocycles. The van der Waals surface area contributed by atoms with E-state index in [9.17, 15) is 4.79 Å². The van der Waals surface area contributed by atoms with Gasteiger partial charge in [-0.25, -0.2) is 4.98 Å². The second-order valence-corrected chi connectivity index (χ2v) is 5.66. The quantitative estimate of drug-likeness (QED) is 0.748. The summed E-state index contributed by atoms with van der Waals surface area (Å²) in [7, 11) is 0. The number of anilines is 2. The highest BCUT2D eigenvalue weighted by Crippen LogP contribution is 2.25. The van der Waals surface area contributed by atoms with Crippen LogP contribution >= 0.6 is 0 Å². The molecule has 0 aliphatic rings. The van der Waals surface area contributed by atoms with Gasteiger partial charge in [0.15, 0.2) is 0 Å². The number of hydrogen-bond donors (Lipinski definition) is 2. The van der Waals surface area contributed by atoms with Crippen LogP contribution in [-0.2, 0) is 0 Å². The Morgan fingerprint density at radius 2 is 2.00 bits per heavy atom. The molecule has 24 heavy (non-hydrogen) atoms. The Bertz CT molecular complexity index is 857. The highest BCUT2D eigenvalue weighted by molar-refractivity contribution is 5.95. The zero-order chi connectivity index (χ0) is 17.1. The zero-order valence-corrected chi connectivity index (χ0v) is 13.8. The smallest absolute Gasteiger partial charge is 0.263 e. The molecule has 3 aromatic rings. The van der Waals surface area contributed by atoms with Crippen LogP contribution in [0.4, 0.5) is 11.5 Å². The van der Waals surface area contributed by atoms with Crippen molar-refractivity contribution < 1.29 is 9.32 Å². The summed E-state index contributed by atoms with van der Waals surface area (Å²) in [6.07, 6.45) is 2.32. The lowest BCUT2D eigenvalue weighted by molar-refractivity contribution is 0.0939. The van der Waals surface area contributed by atoms with Crippen LogP contribution in [0, 0.1) is 6.92 Å². The van der Waals surface area contributed by atoms with Crippen molar-refractivity contribution in [3.05, 3.63) is 41.9 Å². The highest BCUT2D eigenvalue weighted by Gasteiger charge is 2.13. The van der Waals surface area contributed by atoms with Crippen molar-refractivity contribution in [2.45, 2.75) is 33.2 Å². The molecule has 0 spiro atoms. The maximum absolute atomic E-state index is 12.1. The monoisotopic (exact) mass is 325 g/mol. The first-order chi connectivity index (χ1) is 11.6. The van der Waals surface area contributed by atoms with Crippen LogP contribution in [0.2, 0.25) is 0 Å². The van der Waals surface area contributed by atoms with Crippen LogP contribution in [0.1, 0.15) is 36.3 Å². The van der Waals surface area contributed by atoms with Gasteiger partial charge in [-0.3, -0.25) is 4.79 Å². The summed E-state index contributed by atoms with van der Waals surface area (Å²) in [5.74, 6) is 0.547. The van der Waals surface area contributed by atoms with E-state index < -0.39 is 0 Å². The van der Waals surface area contributed by atoms with Gasteiger partial charge in [0.05, 0.1) is 5.69 Å². The Kier molecular flexibility index (Phi) is 4.41. The number of aromatic nitrogens is 3. The molecular formula is C17H19N5O2. The topological polar surface area (TPSA) is 92.9 Å². The Morgan fingerprint density at radius 3 is 2.71 bits per heavy atom. The van der Waals surface area contributed by atoms with E-state index in [-0.39, 0.29) is 11.9 Å². The molecule has 0 aliphatic carbocycles. The predicted octanol–water partition coefficient (Wildman–Crippen LogP) is 3.20. The molecule has 3 rings (SSSR count). The molecule has 124 valence electrons. The number of amides is 1. The van der Waals surface area contributed by atoms with Crippen molar-refractivity contribution in [1.82, 2.24) is 20.4 Å². The van der Waals surface area contributed by atoms with Crippen molar-refractivity contribution in [3.63, 3.8) is 0 Å². The van der Waals surface area contributed by atoms with Crippen LogP contribution in [0.3, 0.4) is 0 Å². The van der Waals surface area contributed by atoms with E-state index in [1.807, 2.05) is 32.9 Å². The molecule has 2 N–H and O–H groups in total. The number of carbonyl (C=O) groups is 1. The van der Waals surface area contributed by atoms with Gasteiger partial charge >= 0.3 is 0 Å². The van der Waals surface area contributed by atoms with E-state index in [1.54, 1.807) is 12.1 Å². The third-order valence-corrected chi connectivity index (χ3v) is 3.84. The van der Waals surface area contributed by atoms with Gasteiger partial charge in [0.1, 0.15) is 17.5 Å². The third kappa shape index (κ3) is 3.19. The number of benzene rings is 1. The number of nitrogens with zero attached hydrogens (tertiary/aromatic N) is 3. The molecule has 0 fully saturated rings. The number of nitrogens with one attached hydrogen (secondary N) is 2. The van der Waals surface area contributed by atoms with Gasteiger partial charge in [0.25, 0.3) is 11.6 Å². The number of fused-ring (bicyclic) bond motifs is 1. The SMILES string of the molecule is CC[C@H](C)NC(=O)c1ccc(Nc2ncnc3onc(C)c23)cc1. The normalized spacial score (nSPS) is 12.1. The summed E-state index contributed by atoms with van der Waals surface area (Å²) in [4.78, 5) is 20.4. The first-order valence-electron chi connectivity index (χ1n) is 7.83. The summed E-state index contributed by atoms with van der Waals surface area (Å²) in [5.41, 5.74) is 2.60. The molecule has 0 bridgehead atoms. The molecule has 2 aromatic heterocycles. The molecule has 2 heterocycles. The molecule has 1 amide bonds. The lowest BCUT2D eigenvalue weighted by Gasteiger charge is -2.12. The van der Waals surface area contributed by atoms with Gasteiger partial charge in [-0.05, 0) is 44.5 Å². The maximum Gasteiger partial charge on any atom is 0.263 e. The van der Waals surface area contributed by atoms with Gasteiger partial charge < -0.3 is 15.2 Å². The molecule has 0 saturated heterocycles. The first-order valence-corrected chi connectivity index (χ1v) is 7.83. The fourth-order valence-electron chi connectivity index (χ4n) is 2.27. The minimum atomic E-state index is -0.0739. The molecule has 7 heteroatoms. The van der Waals surface area contributed by atoms with Crippen molar-refractivity contribution in [1.29, 1.82) is 0 Å². The molecule has 0 radical (unpaired) electrons. The van der Waals surface area contributed by atoms with Crippen LogP contribution in [0.5, 0.6) is 0 Å². The fraction of sp³-hybridized carbons (Fsp3) is 0.294. The van der Waals surface area contributed by atoms with E-state index in [4.69, 9.17) is 4.52 Å². The molecule has 7 nitrogen and oxygen atoms in total. The largest absolute Gasteiger partial charge is 0.350 e. The van der Waals surface area contributed by atoms with Crippen LogP contribution in [0.15, 0.2) is 35.1 Å². The van der Waals surface area contributed by atoms with Crippen molar-refractivity contribution in [2.75, 3.05) is 5.32 Å². The van der Waals surface area contributed by atoms with E-state index in [2.05, 4.69) is 25.8 Å². The van der Waals surface area contributed by atoms with Crippen LogP contribution in [-0.4, -0.2) is 27.1 Å². The van der Waals surface area contributed by atoms with E-state index in [0.29, 0.717) is 17.1 Å². The maximum atomic E-state index is 12.1. The van der Waals surface area contributed by atoms with Crippen LogP contribution in [0.25, 0.3) is 11.1 Å². The van der Waals surface area contributed by atoms with E-state index >= 15 is 0 Å². The Balaban J connectivity index is 1.79. The van der Waals surface area contributed by atoms with E-state index in [1.165, 1.54) is 6.33 Å². The standard InChI is InChI=1S/C17H19N5O2/c1-4-10(2)20-16(23)12-5-7-13(8-6-12)21-15-14-11(3)22-24-17(14)19-9-18-15/h5-10H,4H2,1-3H3,(H,20,23)(H,18,19,21)/t10-/m0/s1. The Hall–Kier alpha value is -2.96. The fourth-order valence-corrected chi connectivity index (χ4v) is 2.27. The number of carbonyl (C=O) groups excluding carboxylic acids is 1. The molecular weight excluding hydrogens is 306 g/mol. The second kappa shape index (κ2) is 6.66. The Labute approximate surface area is 139 Å². The molecule has 0 unspecified atom stereocenters. The molecule has 1 atom stereocenters. The lowest BCUT2D eigenvalue weighted by Crippen LogP contribution is -2.31. The summed E-state index contributed by atoms with van der Waals surface area (Å²) in [6.45, 7) is 5.85. The summed E-state index contributed by atoms with van der Waals surface area (Å²) < 4.78 is 5.13. The number of aryl methyl sites for hydroxylation is 1. The van der Waals surface area contributed by atoms with Gasteiger partial charge in [-0.1, -0.05) is 12.1 Å². The number of rotatable bonds is 5. The van der Waals surface area contributed by atoms with Crippen molar-refractivity contribution in [3.8, 4) is 0 Å². The average molecular weight is 325 g/mol. The summed E-state index contributed by atoms with van der Waals surface area (Å²) in [6, 6.07) is 7.38. The predicted molar refractivity (Wildman–Crippen MR) is 91.3 cm³/mol.